The average Bonchev–Trinajstić information content (AvgIpc) is 2.56. The lowest BCUT2D eigenvalue weighted by molar-refractivity contribution is 0.857. The third kappa shape index (κ3) is 1.81. The zero-order valence-corrected chi connectivity index (χ0v) is 11.0. The van der Waals surface area contributed by atoms with Crippen molar-refractivity contribution < 1.29 is 0 Å². The summed E-state index contributed by atoms with van der Waals surface area (Å²) in [5, 5.41) is 0. The Hall–Kier alpha value is -0.823. The van der Waals surface area contributed by atoms with Crippen LogP contribution < -0.4 is 0 Å². The van der Waals surface area contributed by atoms with E-state index >= 15 is 0 Å². The SMILES string of the molecule is CC(C)C1=CC([Si](C)C)c2ccccc21. The van der Waals surface area contributed by atoms with Gasteiger partial charge in [-0.05, 0) is 28.2 Å². The number of rotatable bonds is 2. The second-order valence-corrected chi connectivity index (χ2v) is 7.70. The Morgan fingerprint density at radius 3 is 2.40 bits per heavy atom. The highest BCUT2D eigenvalue weighted by molar-refractivity contribution is 6.58. The maximum Gasteiger partial charge on any atom is 0.0548 e. The fourth-order valence-electron chi connectivity index (χ4n) is 2.37. The van der Waals surface area contributed by atoms with E-state index in [0.717, 1.165) is 5.54 Å². The van der Waals surface area contributed by atoms with Crippen LogP contribution in [-0.2, 0) is 0 Å². The van der Waals surface area contributed by atoms with Crippen molar-refractivity contribution in [3.05, 3.63) is 41.5 Å². The Labute approximate surface area is 94.6 Å². The summed E-state index contributed by atoms with van der Waals surface area (Å²) in [7, 11) is -0.266. The molecule has 0 amide bonds. The van der Waals surface area contributed by atoms with Crippen molar-refractivity contribution in [3.8, 4) is 0 Å². The van der Waals surface area contributed by atoms with Gasteiger partial charge in [-0.2, -0.15) is 0 Å². The highest BCUT2D eigenvalue weighted by Crippen LogP contribution is 2.40. The zero-order valence-electron chi connectivity index (χ0n) is 10.0. The Balaban J connectivity index is 2.49. The molecule has 0 saturated heterocycles. The molecular formula is C14H19Si. The lowest BCUT2D eigenvalue weighted by Crippen LogP contribution is -2.11. The van der Waals surface area contributed by atoms with Crippen LogP contribution in [-0.4, -0.2) is 8.80 Å². The molecule has 1 unspecified atom stereocenters. The topological polar surface area (TPSA) is 0 Å². The third-order valence-corrected chi connectivity index (χ3v) is 4.92. The van der Waals surface area contributed by atoms with Gasteiger partial charge in [0.15, 0.2) is 0 Å². The molecule has 0 aliphatic heterocycles. The largest absolute Gasteiger partial charge is 0.0759 e. The van der Waals surface area contributed by atoms with E-state index in [2.05, 4.69) is 57.3 Å². The van der Waals surface area contributed by atoms with E-state index in [1.807, 2.05) is 0 Å². The summed E-state index contributed by atoms with van der Waals surface area (Å²) in [6.45, 7) is 9.41. The van der Waals surface area contributed by atoms with Crippen LogP contribution in [0.15, 0.2) is 30.3 Å². The molecule has 0 fully saturated rings. The van der Waals surface area contributed by atoms with Crippen molar-refractivity contribution in [2.75, 3.05) is 0 Å². The van der Waals surface area contributed by atoms with Crippen LogP contribution in [0.1, 0.15) is 30.5 Å². The third-order valence-electron chi connectivity index (χ3n) is 3.20. The van der Waals surface area contributed by atoms with E-state index in [-0.39, 0.29) is 8.80 Å². The molecule has 0 N–H and O–H groups in total. The summed E-state index contributed by atoms with van der Waals surface area (Å²) in [4.78, 5) is 0. The maximum absolute atomic E-state index is 2.52. The standard InChI is InChI=1S/C14H19Si/c1-10(2)13-9-14(15(3)4)12-8-6-5-7-11(12)13/h5-10,14H,1-4H3. The van der Waals surface area contributed by atoms with Crippen molar-refractivity contribution in [1.82, 2.24) is 0 Å². The van der Waals surface area contributed by atoms with Crippen LogP contribution in [0.5, 0.6) is 0 Å². The second kappa shape index (κ2) is 3.97. The molecule has 15 heavy (non-hydrogen) atoms. The van der Waals surface area contributed by atoms with E-state index in [1.54, 1.807) is 11.1 Å². The fourth-order valence-corrected chi connectivity index (χ4v) is 3.76. The second-order valence-electron chi connectivity index (χ2n) is 4.92. The Kier molecular flexibility index (Phi) is 2.83. The molecule has 1 heteroatoms. The Morgan fingerprint density at radius 2 is 1.80 bits per heavy atom. The molecule has 0 aromatic heterocycles. The Bertz CT molecular complexity index is 388. The molecule has 2 rings (SSSR count). The van der Waals surface area contributed by atoms with Crippen molar-refractivity contribution >= 4 is 14.4 Å². The first-order valence-electron chi connectivity index (χ1n) is 5.72. The Morgan fingerprint density at radius 1 is 1.13 bits per heavy atom. The number of allylic oxidation sites excluding steroid dienone is 2. The van der Waals surface area contributed by atoms with Crippen LogP contribution in [0, 0.1) is 5.92 Å². The molecule has 1 aromatic rings. The van der Waals surface area contributed by atoms with Gasteiger partial charge < -0.3 is 0 Å². The predicted octanol–water partition coefficient (Wildman–Crippen LogP) is 4.12. The quantitative estimate of drug-likeness (QED) is 0.651. The van der Waals surface area contributed by atoms with Gasteiger partial charge in [0.05, 0.1) is 8.80 Å². The summed E-state index contributed by atoms with van der Waals surface area (Å²) in [5.41, 5.74) is 5.36. The summed E-state index contributed by atoms with van der Waals surface area (Å²) in [5.74, 6) is 0.650. The smallest absolute Gasteiger partial charge is 0.0548 e. The summed E-state index contributed by atoms with van der Waals surface area (Å²) < 4.78 is 0. The van der Waals surface area contributed by atoms with Gasteiger partial charge in [0.1, 0.15) is 0 Å². The van der Waals surface area contributed by atoms with Gasteiger partial charge in [-0.1, -0.05) is 57.3 Å². The molecule has 1 aromatic carbocycles. The van der Waals surface area contributed by atoms with Crippen molar-refractivity contribution in [2.45, 2.75) is 32.5 Å². The average molecular weight is 215 g/mol. The van der Waals surface area contributed by atoms with E-state index in [1.165, 1.54) is 5.56 Å². The molecule has 0 bridgehead atoms. The van der Waals surface area contributed by atoms with Crippen molar-refractivity contribution in [1.29, 1.82) is 0 Å². The molecule has 1 atom stereocenters. The first-order chi connectivity index (χ1) is 7.11. The molecule has 0 saturated carbocycles. The minimum atomic E-state index is -0.266. The summed E-state index contributed by atoms with van der Waals surface area (Å²) in [6, 6.07) is 8.93. The highest BCUT2D eigenvalue weighted by Gasteiger charge is 2.26. The minimum Gasteiger partial charge on any atom is -0.0759 e. The van der Waals surface area contributed by atoms with Gasteiger partial charge >= 0.3 is 0 Å². The molecular weight excluding hydrogens is 196 g/mol. The van der Waals surface area contributed by atoms with Crippen molar-refractivity contribution in [3.63, 3.8) is 0 Å². The molecule has 0 heterocycles. The maximum atomic E-state index is 2.52. The van der Waals surface area contributed by atoms with Gasteiger partial charge in [-0.3, -0.25) is 0 Å². The summed E-state index contributed by atoms with van der Waals surface area (Å²) >= 11 is 0. The highest BCUT2D eigenvalue weighted by atomic mass is 28.3. The number of benzene rings is 1. The van der Waals surface area contributed by atoms with Crippen LogP contribution in [0.2, 0.25) is 13.1 Å². The summed E-state index contributed by atoms with van der Waals surface area (Å²) in [6.07, 6.45) is 2.52. The zero-order chi connectivity index (χ0) is 11.0. The molecule has 1 aliphatic rings. The van der Waals surface area contributed by atoms with E-state index in [4.69, 9.17) is 0 Å². The number of hydrogen-bond donors (Lipinski definition) is 0. The van der Waals surface area contributed by atoms with Crippen LogP contribution in [0.3, 0.4) is 0 Å². The monoisotopic (exact) mass is 215 g/mol. The normalized spacial score (nSPS) is 19.6. The first-order valence-corrected chi connectivity index (χ1v) is 8.30. The molecule has 1 radical (unpaired) electrons. The fraction of sp³-hybridized carbons (Fsp3) is 0.429. The molecule has 0 spiro atoms. The lowest BCUT2D eigenvalue weighted by atomic mass is 9.97. The van der Waals surface area contributed by atoms with Crippen molar-refractivity contribution in [2.24, 2.45) is 5.92 Å². The van der Waals surface area contributed by atoms with Gasteiger partial charge in [-0.15, -0.1) is 0 Å². The van der Waals surface area contributed by atoms with Gasteiger partial charge in [0, 0.05) is 0 Å². The molecule has 1 aliphatic carbocycles. The lowest BCUT2D eigenvalue weighted by Gasteiger charge is -2.12. The van der Waals surface area contributed by atoms with E-state index in [0.29, 0.717) is 5.92 Å². The van der Waals surface area contributed by atoms with Crippen LogP contribution in [0.25, 0.3) is 5.57 Å². The van der Waals surface area contributed by atoms with E-state index < -0.39 is 0 Å². The van der Waals surface area contributed by atoms with E-state index in [9.17, 15) is 0 Å². The number of fused-ring (bicyclic) bond motifs is 1. The number of hydrogen-bond acceptors (Lipinski definition) is 0. The first kappa shape index (κ1) is 10.7. The molecule has 0 nitrogen and oxygen atoms in total. The van der Waals surface area contributed by atoms with Gasteiger partial charge in [0.25, 0.3) is 0 Å². The van der Waals surface area contributed by atoms with Crippen LogP contribution in [0.4, 0.5) is 0 Å². The minimum absolute atomic E-state index is 0.266. The van der Waals surface area contributed by atoms with Crippen LogP contribution >= 0.6 is 0 Å². The molecule has 79 valence electrons. The predicted molar refractivity (Wildman–Crippen MR) is 69.5 cm³/mol. The van der Waals surface area contributed by atoms with Gasteiger partial charge in [0.2, 0.25) is 0 Å². The van der Waals surface area contributed by atoms with Gasteiger partial charge in [-0.25, -0.2) is 0 Å².